The Morgan fingerprint density at radius 2 is 2.14 bits per heavy atom. The van der Waals surface area contributed by atoms with E-state index in [1.807, 2.05) is 0 Å². The third-order valence-corrected chi connectivity index (χ3v) is 5.06. The highest BCUT2D eigenvalue weighted by molar-refractivity contribution is 7.93. The zero-order valence-electron chi connectivity index (χ0n) is 11.8. The smallest absolute Gasteiger partial charge is 0.340 e. The van der Waals surface area contributed by atoms with Gasteiger partial charge in [0, 0.05) is 6.54 Å². The quantitative estimate of drug-likeness (QED) is 0.802. The molecule has 114 valence electrons. The first kappa shape index (κ1) is 15.5. The molecule has 0 N–H and O–H groups in total. The van der Waals surface area contributed by atoms with Crippen LogP contribution >= 0.6 is 0 Å². The first-order chi connectivity index (χ1) is 9.90. The van der Waals surface area contributed by atoms with Crippen molar-refractivity contribution in [2.24, 2.45) is 0 Å². The maximum absolute atomic E-state index is 14.5. The number of benzene rings is 1. The van der Waals surface area contributed by atoms with E-state index in [1.54, 1.807) is 19.1 Å². The number of nitrogens with zero attached hydrogens (tertiary/aromatic N) is 1. The zero-order valence-corrected chi connectivity index (χ0v) is 12.6. The minimum Gasteiger partial charge on any atom is -0.465 e. The number of methoxy groups -OCH3 is 1. The number of hydrogen-bond acceptors (Lipinski definition) is 4. The van der Waals surface area contributed by atoms with Gasteiger partial charge in [0.05, 0.1) is 24.1 Å². The summed E-state index contributed by atoms with van der Waals surface area (Å²) in [5, 5.41) is 0. The summed E-state index contributed by atoms with van der Waals surface area (Å²) in [6.45, 7) is 1.98. The molecule has 1 fully saturated rings. The number of carbonyl (C=O) groups is 1. The first-order valence-electron chi connectivity index (χ1n) is 6.45. The average Bonchev–Trinajstić information content (AvgIpc) is 2.79. The van der Waals surface area contributed by atoms with E-state index in [9.17, 15) is 17.6 Å². The topological polar surface area (TPSA) is 63.7 Å². The lowest BCUT2D eigenvalue weighted by atomic mass is 10.1. The summed E-state index contributed by atoms with van der Waals surface area (Å²) in [6.07, 6.45) is 3.82. The van der Waals surface area contributed by atoms with Crippen molar-refractivity contribution < 1.29 is 22.3 Å². The van der Waals surface area contributed by atoms with E-state index in [2.05, 4.69) is 4.74 Å². The van der Waals surface area contributed by atoms with Crippen LogP contribution in [0.25, 0.3) is 6.08 Å². The summed E-state index contributed by atoms with van der Waals surface area (Å²) < 4.78 is 44.0. The van der Waals surface area contributed by atoms with Gasteiger partial charge >= 0.3 is 5.97 Å². The van der Waals surface area contributed by atoms with E-state index in [0.717, 1.165) is 11.4 Å². The van der Waals surface area contributed by atoms with Crippen molar-refractivity contribution in [2.45, 2.75) is 13.3 Å². The Kier molecular flexibility index (Phi) is 4.32. The van der Waals surface area contributed by atoms with Crippen LogP contribution < -0.4 is 4.31 Å². The molecular weight excluding hydrogens is 297 g/mol. The third-order valence-electron chi connectivity index (χ3n) is 3.21. The van der Waals surface area contributed by atoms with Crippen molar-refractivity contribution in [3.05, 3.63) is 35.2 Å². The van der Waals surface area contributed by atoms with E-state index < -0.39 is 21.8 Å². The van der Waals surface area contributed by atoms with Crippen LogP contribution in [0, 0.1) is 5.82 Å². The van der Waals surface area contributed by atoms with Crippen LogP contribution in [0.4, 0.5) is 10.1 Å². The van der Waals surface area contributed by atoms with Gasteiger partial charge in [0.25, 0.3) is 0 Å². The van der Waals surface area contributed by atoms with Gasteiger partial charge in [-0.3, -0.25) is 4.31 Å². The molecule has 0 radical (unpaired) electrons. The van der Waals surface area contributed by atoms with Crippen LogP contribution in [0.3, 0.4) is 0 Å². The van der Waals surface area contributed by atoms with Gasteiger partial charge in [-0.2, -0.15) is 0 Å². The molecule has 1 heterocycles. The molecule has 0 aromatic heterocycles. The van der Waals surface area contributed by atoms with Crippen LogP contribution in [0.2, 0.25) is 0 Å². The van der Waals surface area contributed by atoms with Crippen molar-refractivity contribution in [3.63, 3.8) is 0 Å². The molecule has 1 aromatic rings. The number of anilines is 1. The minimum absolute atomic E-state index is 0.0200. The van der Waals surface area contributed by atoms with Gasteiger partial charge in [0.15, 0.2) is 5.82 Å². The largest absolute Gasteiger partial charge is 0.465 e. The molecule has 0 unspecified atom stereocenters. The van der Waals surface area contributed by atoms with E-state index in [0.29, 0.717) is 12.0 Å². The van der Waals surface area contributed by atoms with Crippen molar-refractivity contribution >= 4 is 27.8 Å². The lowest BCUT2D eigenvalue weighted by Crippen LogP contribution is -2.27. The lowest BCUT2D eigenvalue weighted by Gasteiger charge is -2.19. The number of halogens is 1. The summed E-state index contributed by atoms with van der Waals surface area (Å²) in [4.78, 5) is 11.7. The van der Waals surface area contributed by atoms with E-state index in [-0.39, 0.29) is 23.5 Å². The summed E-state index contributed by atoms with van der Waals surface area (Å²) >= 11 is 0. The number of carbonyl (C=O) groups excluding carboxylic acids is 1. The zero-order chi connectivity index (χ0) is 15.6. The predicted molar refractivity (Wildman–Crippen MR) is 78.2 cm³/mol. The second-order valence-electron chi connectivity index (χ2n) is 4.63. The average molecular weight is 313 g/mol. The molecule has 5 nitrogen and oxygen atoms in total. The first-order valence-corrected chi connectivity index (χ1v) is 8.06. The summed E-state index contributed by atoms with van der Waals surface area (Å²) in [7, 11) is -2.38. The van der Waals surface area contributed by atoms with E-state index in [4.69, 9.17) is 0 Å². The second-order valence-corrected chi connectivity index (χ2v) is 6.65. The number of esters is 1. The van der Waals surface area contributed by atoms with Gasteiger partial charge < -0.3 is 4.74 Å². The molecule has 0 amide bonds. The number of rotatable bonds is 3. The van der Waals surface area contributed by atoms with Crippen LogP contribution in [-0.2, 0) is 14.8 Å². The highest BCUT2D eigenvalue weighted by Crippen LogP contribution is 2.31. The van der Waals surface area contributed by atoms with Crippen molar-refractivity contribution in [1.29, 1.82) is 0 Å². The number of allylic oxidation sites excluding steroid dienone is 1. The fraction of sp³-hybridized carbons (Fsp3) is 0.357. The van der Waals surface area contributed by atoms with Gasteiger partial charge in [0.1, 0.15) is 0 Å². The SMILES string of the molecule is C/C=C\c1cc(C(=O)OC)c(F)c(N2CCCS2(=O)=O)c1. The van der Waals surface area contributed by atoms with Gasteiger partial charge in [-0.1, -0.05) is 12.2 Å². The highest BCUT2D eigenvalue weighted by Gasteiger charge is 2.32. The van der Waals surface area contributed by atoms with Gasteiger partial charge in [0.2, 0.25) is 10.0 Å². The molecule has 0 spiro atoms. The number of ether oxygens (including phenoxy) is 1. The Morgan fingerprint density at radius 3 is 2.67 bits per heavy atom. The molecular formula is C14H16FNO4S. The number of sulfonamides is 1. The van der Waals surface area contributed by atoms with Crippen molar-refractivity contribution in [3.8, 4) is 0 Å². The van der Waals surface area contributed by atoms with Gasteiger partial charge in [-0.15, -0.1) is 0 Å². The molecule has 0 saturated carbocycles. The maximum atomic E-state index is 14.5. The second kappa shape index (κ2) is 5.85. The highest BCUT2D eigenvalue weighted by atomic mass is 32.2. The van der Waals surface area contributed by atoms with Crippen LogP contribution in [-0.4, -0.2) is 33.8 Å². The van der Waals surface area contributed by atoms with Gasteiger partial charge in [-0.25, -0.2) is 17.6 Å². The molecule has 7 heteroatoms. The van der Waals surface area contributed by atoms with E-state index in [1.165, 1.54) is 12.1 Å². The maximum Gasteiger partial charge on any atom is 0.340 e. The minimum atomic E-state index is -3.53. The molecule has 1 aromatic carbocycles. The predicted octanol–water partition coefficient (Wildman–Crippen LogP) is 2.19. The third kappa shape index (κ3) is 2.92. The Labute approximate surface area is 123 Å². The van der Waals surface area contributed by atoms with Gasteiger partial charge in [-0.05, 0) is 31.0 Å². The molecule has 21 heavy (non-hydrogen) atoms. The molecule has 1 aliphatic rings. The Balaban J connectivity index is 2.64. The monoisotopic (exact) mass is 313 g/mol. The Bertz CT molecular complexity index is 697. The number of hydrogen-bond donors (Lipinski definition) is 0. The molecule has 1 saturated heterocycles. The summed E-state index contributed by atoms with van der Waals surface area (Å²) in [5.74, 6) is -1.73. The van der Waals surface area contributed by atoms with E-state index >= 15 is 0 Å². The van der Waals surface area contributed by atoms with Crippen molar-refractivity contribution in [2.75, 3.05) is 23.7 Å². The fourth-order valence-electron chi connectivity index (χ4n) is 2.27. The Morgan fingerprint density at radius 1 is 1.43 bits per heavy atom. The van der Waals surface area contributed by atoms with Crippen LogP contribution in [0.5, 0.6) is 0 Å². The van der Waals surface area contributed by atoms with Crippen LogP contribution in [0.1, 0.15) is 29.3 Å². The van der Waals surface area contributed by atoms with Crippen molar-refractivity contribution in [1.82, 2.24) is 0 Å². The normalized spacial score (nSPS) is 17.4. The standard InChI is InChI=1S/C14H16FNO4S/c1-3-5-10-8-11(14(17)20-2)13(15)12(9-10)16-6-4-7-21(16,18)19/h3,5,8-9H,4,6-7H2,1-2H3/b5-3-. The Hall–Kier alpha value is -1.89. The fourth-order valence-corrected chi connectivity index (χ4v) is 3.82. The molecule has 0 atom stereocenters. The lowest BCUT2D eigenvalue weighted by molar-refractivity contribution is 0.0595. The van der Waals surface area contributed by atoms with Crippen LogP contribution in [0.15, 0.2) is 18.2 Å². The molecule has 0 aliphatic carbocycles. The molecule has 2 rings (SSSR count). The molecule has 1 aliphatic heterocycles. The molecule has 0 bridgehead atoms. The summed E-state index contributed by atoms with van der Waals surface area (Å²) in [5.41, 5.74) is 0.158. The summed E-state index contributed by atoms with van der Waals surface area (Å²) in [6, 6.07) is 2.76.